The molecule has 1 amide bonds. The first-order valence-corrected chi connectivity index (χ1v) is 7.30. The molecule has 0 radical (unpaired) electrons. The van der Waals surface area contributed by atoms with E-state index in [9.17, 15) is 4.79 Å². The zero-order chi connectivity index (χ0) is 16.4. The van der Waals surface area contributed by atoms with Crippen molar-refractivity contribution >= 4 is 11.6 Å². The maximum Gasteiger partial charge on any atom is 0.258 e. The molecule has 0 atom stereocenters. The zero-order valence-electron chi connectivity index (χ0n) is 13.3. The fourth-order valence-corrected chi connectivity index (χ4v) is 2.26. The van der Waals surface area contributed by atoms with Gasteiger partial charge in [-0.15, -0.1) is 0 Å². The van der Waals surface area contributed by atoms with Gasteiger partial charge in [-0.1, -0.05) is 35.0 Å². The molecule has 0 fully saturated rings. The van der Waals surface area contributed by atoms with Gasteiger partial charge in [-0.3, -0.25) is 4.79 Å². The van der Waals surface area contributed by atoms with Crippen LogP contribution < -0.4 is 4.90 Å². The molecular formula is C18H17N3O2. The van der Waals surface area contributed by atoms with Crippen LogP contribution in [0.15, 0.2) is 53.1 Å². The molecule has 2 aromatic carbocycles. The van der Waals surface area contributed by atoms with Crippen molar-refractivity contribution in [1.29, 1.82) is 0 Å². The van der Waals surface area contributed by atoms with Crippen LogP contribution in [0.3, 0.4) is 0 Å². The number of anilines is 1. The largest absolute Gasteiger partial charge is 0.339 e. The molecule has 116 valence electrons. The van der Waals surface area contributed by atoms with Crippen molar-refractivity contribution in [1.82, 2.24) is 10.1 Å². The number of benzene rings is 2. The molecule has 0 aliphatic carbocycles. The van der Waals surface area contributed by atoms with E-state index in [4.69, 9.17) is 4.52 Å². The van der Waals surface area contributed by atoms with Gasteiger partial charge in [0.05, 0.1) is 0 Å². The van der Waals surface area contributed by atoms with E-state index in [-0.39, 0.29) is 5.91 Å². The Balaban J connectivity index is 1.81. The maximum absolute atomic E-state index is 12.6. The third kappa shape index (κ3) is 3.13. The van der Waals surface area contributed by atoms with Gasteiger partial charge >= 0.3 is 0 Å². The Morgan fingerprint density at radius 1 is 1.00 bits per heavy atom. The van der Waals surface area contributed by atoms with Crippen molar-refractivity contribution in [2.75, 3.05) is 11.9 Å². The molecule has 0 N–H and O–H groups in total. The van der Waals surface area contributed by atoms with Gasteiger partial charge in [0.15, 0.2) is 0 Å². The van der Waals surface area contributed by atoms with Crippen LogP contribution in [-0.4, -0.2) is 23.1 Å². The van der Waals surface area contributed by atoms with Crippen LogP contribution in [0.2, 0.25) is 0 Å². The monoisotopic (exact) mass is 307 g/mol. The molecular weight excluding hydrogens is 290 g/mol. The summed E-state index contributed by atoms with van der Waals surface area (Å²) in [6.45, 7) is 3.76. The van der Waals surface area contributed by atoms with Crippen molar-refractivity contribution in [2.24, 2.45) is 0 Å². The van der Waals surface area contributed by atoms with Crippen LogP contribution >= 0.6 is 0 Å². The second-order valence-corrected chi connectivity index (χ2v) is 5.41. The molecule has 1 aromatic heterocycles. The summed E-state index contributed by atoms with van der Waals surface area (Å²) in [5.41, 5.74) is 3.45. The number of amides is 1. The highest BCUT2D eigenvalue weighted by molar-refractivity contribution is 6.05. The second kappa shape index (κ2) is 6.04. The van der Waals surface area contributed by atoms with Crippen LogP contribution in [-0.2, 0) is 0 Å². The molecule has 0 bridgehead atoms. The Labute approximate surface area is 134 Å². The van der Waals surface area contributed by atoms with Gasteiger partial charge in [0.2, 0.25) is 11.7 Å². The van der Waals surface area contributed by atoms with Gasteiger partial charge in [-0.25, -0.2) is 0 Å². The topological polar surface area (TPSA) is 59.2 Å². The smallest absolute Gasteiger partial charge is 0.258 e. The Morgan fingerprint density at radius 3 is 2.22 bits per heavy atom. The molecule has 0 spiro atoms. The Hall–Kier alpha value is -2.95. The van der Waals surface area contributed by atoms with Gasteiger partial charge in [-0.05, 0) is 31.2 Å². The minimum Gasteiger partial charge on any atom is -0.339 e. The van der Waals surface area contributed by atoms with Gasteiger partial charge in [0, 0.05) is 30.8 Å². The zero-order valence-corrected chi connectivity index (χ0v) is 13.3. The number of hydrogen-bond acceptors (Lipinski definition) is 4. The quantitative estimate of drug-likeness (QED) is 0.741. The lowest BCUT2D eigenvalue weighted by molar-refractivity contribution is 0.0993. The SMILES string of the molecule is Cc1ccc(N(C)C(=O)c2ccc(-c3noc(C)n3)cc2)cc1. The fourth-order valence-electron chi connectivity index (χ4n) is 2.26. The second-order valence-electron chi connectivity index (χ2n) is 5.41. The highest BCUT2D eigenvalue weighted by Gasteiger charge is 2.14. The van der Waals surface area contributed by atoms with Crippen molar-refractivity contribution in [2.45, 2.75) is 13.8 Å². The van der Waals surface area contributed by atoms with E-state index in [1.54, 1.807) is 31.0 Å². The molecule has 0 aliphatic rings. The van der Waals surface area contributed by atoms with E-state index >= 15 is 0 Å². The molecule has 5 nitrogen and oxygen atoms in total. The van der Waals surface area contributed by atoms with E-state index in [1.165, 1.54) is 0 Å². The number of carbonyl (C=O) groups is 1. The maximum atomic E-state index is 12.6. The predicted octanol–water partition coefficient (Wildman–Crippen LogP) is 3.63. The van der Waals surface area contributed by atoms with Crippen molar-refractivity contribution in [3.05, 3.63) is 65.5 Å². The van der Waals surface area contributed by atoms with Crippen LogP contribution in [0.4, 0.5) is 5.69 Å². The number of aryl methyl sites for hydroxylation is 2. The van der Waals surface area contributed by atoms with Crippen molar-refractivity contribution in [3.63, 3.8) is 0 Å². The van der Waals surface area contributed by atoms with Gasteiger partial charge in [0.25, 0.3) is 5.91 Å². The molecule has 1 heterocycles. The molecule has 5 heteroatoms. The van der Waals surface area contributed by atoms with Crippen LogP contribution in [0.25, 0.3) is 11.4 Å². The lowest BCUT2D eigenvalue weighted by atomic mass is 10.1. The summed E-state index contributed by atoms with van der Waals surface area (Å²) < 4.78 is 4.97. The highest BCUT2D eigenvalue weighted by atomic mass is 16.5. The average Bonchev–Trinajstić information content (AvgIpc) is 3.01. The summed E-state index contributed by atoms with van der Waals surface area (Å²) in [4.78, 5) is 18.4. The Kier molecular flexibility index (Phi) is 3.93. The van der Waals surface area contributed by atoms with Crippen LogP contribution in [0.5, 0.6) is 0 Å². The van der Waals surface area contributed by atoms with E-state index in [1.807, 2.05) is 43.3 Å². The van der Waals surface area contributed by atoms with Gasteiger partial charge in [-0.2, -0.15) is 4.98 Å². The van der Waals surface area contributed by atoms with Crippen molar-refractivity contribution in [3.8, 4) is 11.4 Å². The summed E-state index contributed by atoms with van der Waals surface area (Å²) in [5.74, 6) is 0.970. The third-order valence-electron chi connectivity index (χ3n) is 3.64. The third-order valence-corrected chi connectivity index (χ3v) is 3.64. The van der Waals surface area contributed by atoms with E-state index < -0.39 is 0 Å². The van der Waals surface area contributed by atoms with Gasteiger partial charge < -0.3 is 9.42 Å². The molecule has 23 heavy (non-hydrogen) atoms. The lowest BCUT2D eigenvalue weighted by Crippen LogP contribution is -2.26. The van der Waals surface area contributed by atoms with Gasteiger partial charge in [0.1, 0.15) is 0 Å². The highest BCUT2D eigenvalue weighted by Crippen LogP contribution is 2.19. The molecule has 3 rings (SSSR count). The summed E-state index contributed by atoms with van der Waals surface area (Å²) in [6.07, 6.45) is 0. The molecule has 0 saturated heterocycles. The molecule has 0 aliphatic heterocycles. The fraction of sp³-hybridized carbons (Fsp3) is 0.167. The summed E-state index contributed by atoms with van der Waals surface area (Å²) in [7, 11) is 1.77. The first kappa shape index (κ1) is 15.0. The summed E-state index contributed by atoms with van der Waals surface area (Å²) in [5, 5.41) is 3.87. The molecule has 3 aromatic rings. The number of nitrogens with zero attached hydrogens (tertiary/aromatic N) is 3. The van der Waals surface area contributed by atoms with E-state index in [0.29, 0.717) is 17.3 Å². The standard InChI is InChI=1S/C18H17N3O2/c1-12-4-10-16(11-5-12)21(3)18(22)15-8-6-14(7-9-15)17-19-13(2)23-20-17/h4-11H,1-3H3. The predicted molar refractivity (Wildman–Crippen MR) is 88.4 cm³/mol. The van der Waals surface area contributed by atoms with Crippen molar-refractivity contribution < 1.29 is 9.32 Å². The van der Waals surface area contributed by atoms with E-state index in [2.05, 4.69) is 10.1 Å². The summed E-state index contributed by atoms with van der Waals surface area (Å²) in [6, 6.07) is 15.0. The number of aromatic nitrogens is 2. The number of carbonyl (C=O) groups excluding carboxylic acids is 1. The first-order valence-electron chi connectivity index (χ1n) is 7.30. The first-order chi connectivity index (χ1) is 11.0. The minimum atomic E-state index is -0.0651. The normalized spacial score (nSPS) is 10.6. The number of rotatable bonds is 3. The number of hydrogen-bond donors (Lipinski definition) is 0. The Bertz CT molecular complexity index is 820. The Morgan fingerprint density at radius 2 is 1.65 bits per heavy atom. The van der Waals surface area contributed by atoms with Crippen LogP contribution in [0.1, 0.15) is 21.8 Å². The molecule has 0 unspecified atom stereocenters. The van der Waals surface area contributed by atoms with E-state index in [0.717, 1.165) is 16.8 Å². The average molecular weight is 307 g/mol. The summed E-state index contributed by atoms with van der Waals surface area (Å²) >= 11 is 0. The van der Waals surface area contributed by atoms with Crippen LogP contribution in [0, 0.1) is 13.8 Å². The molecule has 0 saturated carbocycles. The lowest BCUT2D eigenvalue weighted by Gasteiger charge is -2.17. The minimum absolute atomic E-state index is 0.0651.